The third kappa shape index (κ3) is 3.44. The first-order valence-corrected chi connectivity index (χ1v) is 6.61. The molecule has 1 aromatic rings. The van der Waals surface area contributed by atoms with Crippen LogP contribution in [0.2, 0.25) is 5.15 Å². The zero-order valence-electron chi connectivity index (χ0n) is 10.8. The number of halogens is 1. The van der Waals surface area contributed by atoms with Gasteiger partial charge in [0.2, 0.25) is 5.91 Å². The van der Waals surface area contributed by atoms with E-state index in [9.17, 15) is 9.59 Å². The Labute approximate surface area is 117 Å². The number of carbonyl (C=O) groups is 2. The van der Waals surface area contributed by atoms with Crippen LogP contribution in [-0.2, 0) is 4.79 Å². The molecule has 2 heterocycles. The molecule has 1 saturated heterocycles. The van der Waals surface area contributed by atoms with Crippen LogP contribution in [0.1, 0.15) is 23.3 Å². The van der Waals surface area contributed by atoms with E-state index in [1.807, 2.05) is 0 Å². The Balaban J connectivity index is 1.97. The zero-order valence-corrected chi connectivity index (χ0v) is 11.6. The van der Waals surface area contributed by atoms with Gasteiger partial charge in [-0.05, 0) is 25.0 Å². The molecule has 19 heavy (non-hydrogen) atoms. The molecule has 0 unspecified atom stereocenters. The highest BCUT2D eigenvalue weighted by Gasteiger charge is 2.22. The number of pyridine rings is 1. The maximum atomic E-state index is 12.1. The summed E-state index contributed by atoms with van der Waals surface area (Å²) in [6, 6.07) is 4.86. The highest BCUT2D eigenvalue weighted by atomic mass is 35.5. The van der Waals surface area contributed by atoms with Gasteiger partial charge in [0.25, 0.3) is 5.91 Å². The Bertz CT molecular complexity index is 487. The summed E-state index contributed by atoms with van der Waals surface area (Å²) in [5.74, 6) is -0.314. The van der Waals surface area contributed by atoms with Gasteiger partial charge >= 0.3 is 0 Å². The van der Waals surface area contributed by atoms with E-state index in [1.54, 1.807) is 30.1 Å². The van der Waals surface area contributed by atoms with E-state index >= 15 is 0 Å². The molecule has 0 bridgehead atoms. The molecule has 1 fully saturated rings. The van der Waals surface area contributed by atoms with Crippen molar-refractivity contribution in [1.29, 1.82) is 0 Å². The number of hydrogen-bond donors (Lipinski definition) is 0. The van der Waals surface area contributed by atoms with Crippen molar-refractivity contribution in [2.75, 3.05) is 26.7 Å². The average molecular weight is 282 g/mol. The van der Waals surface area contributed by atoms with E-state index < -0.39 is 0 Å². The third-order valence-corrected chi connectivity index (χ3v) is 3.32. The summed E-state index contributed by atoms with van der Waals surface area (Å²) in [7, 11) is 1.60. The number of nitrogens with zero attached hydrogens (tertiary/aromatic N) is 3. The fourth-order valence-corrected chi connectivity index (χ4v) is 2.23. The van der Waals surface area contributed by atoms with Crippen LogP contribution < -0.4 is 0 Å². The lowest BCUT2D eigenvalue weighted by Crippen LogP contribution is -2.40. The molecule has 2 amide bonds. The average Bonchev–Trinajstić information content (AvgIpc) is 2.91. The fraction of sp³-hybridized carbons (Fsp3) is 0.462. The molecule has 2 rings (SSSR count). The van der Waals surface area contributed by atoms with Gasteiger partial charge < -0.3 is 9.80 Å². The van der Waals surface area contributed by atoms with Crippen molar-refractivity contribution in [3.8, 4) is 0 Å². The second-order valence-corrected chi connectivity index (χ2v) is 4.98. The Morgan fingerprint density at radius 1 is 1.37 bits per heavy atom. The van der Waals surface area contributed by atoms with E-state index in [0.717, 1.165) is 25.9 Å². The Morgan fingerprint density at radius 3 is 2.68 bits per heavy atom. The van der Waals surface area contributed by atoms with Gasteiger partial charge in [0.05, 0.1) is 6.54 Å². The largest absolute Gasteiger partial charge is 0.341 e. The van der Waals surface area contributed by atoms with Crippen molar-refractivity contribution in [2.45, 2.75) is 12.8 Å². The monoisotopic (exact) mass is 281 g/mol. The Kier molecular flexibility index (Phi) is 4.37. The zero-order chi connectivity index (χ0) is 13.8. The first-order valence-electron chi connectivity index (χ1n) is 6.24. The van der Waals surface area contributed by atoms with E-state index in [0.29, 0.717) is 0 Å². The third-order valence-electron chi connectivity index (χ3n) is 3.11. The molecule has 1 aliphatic heterocycles. The molecule has 102 valence electrons. The van der Waals surface area contributed by atoms with Crippen LogP contribution in [-0.4, -0.2) is 53.3 Å². The van der Waals surface area contributed by atoms with Crippen molar-refractivity contribution < 1.29 is 9.59 Å². The molecule has 0 atom stereocenters. The van der Waals surface area contributed by atoms with E-state index in [4.69, 9.17) is 11.6 Å². The minimum Gasteiger partial charge on any atom is -0.341 e. The van der Waals surface area contributed by atoms with Crippen molar-refractivity contribution in [3.63, 3.8) is 0 Å². The maximum Gasteiger partial charge on any atom is 0.272 e. The van der Waals surface area contributed by atoms with Crippen LogP contribution in [0.25, 0.3) is 0 Å². The summed E-state index contributed by atoms with van der Waals surface area (Å²) in [5.41, 5.74) is 0.254. The van der Waals surface area contributed by atoms with Crippen molar-refractivity contribution in [3.05, 3.63) is 29.0 Å². The number of rotatable bonds is 3. The topological polar surface area (TPSA) is 53.5 Å². The van der Waals surface area contributed by atoms with Crippen LogP contribution in [0, 0.1) is 0 Å². The lowest BCUT2D eigenvalue weighted by molar-refractivity contribution is -0.130. The van der Waals surface area contributed by atoms with E-state index in [-0.39, 0.29) is 29.2 Å². The fourth-order valence-electron chi connectivity index (χ4n) is 2.06. The molecule has 1 aliphatic rings. The highest BCUT2D eigenvalue weighted by molar-refractivity contribution is 6.29. The number of carbonyl (C=O) groups excluding carboxylic acids is 2. The van der Waals surface area contributed by atoms with E-state index in [1.165, 1.54) is 4.90 Å². The van der Waals surface area contributed by atoms with E-state index in [2.05, 4.69) is 4.98 Å². The first kappa shape index (κ1) is 13.8. The van der Waals surface area contributed by atoms with Crippen LogP contribution in [0.5, 0.6) is 0 Å². The van der Waals surface area contributed by atoms with Gasteiger partial charge in [-0.2, -0.15) is 0 Å². The SMILES string of the molecule is CN(CC(=O)N1CCCC1)C(=O)c1cccc(Cl)n1. The molecule has 0 spiro atoms. The first-order chi connectivity index (χ1) is 9.08. The summed E-state index contributed by atoms with van der Waals surface area (Å²) in [5, 5.41) is 0.269. The van der Waals surface area contributed by atoms with Gasteiger partial charge in [-0.1, -0.05) is 17.7 Å². The summed E-state index contributed by atoms with van der Waals surface area (Å²) in [6.07, 6.45) is 2.08. The number of aromatic nitrogens is 1. The molecule has 0 aliphatic carbocycles. The second-order valence-electron chi connectivity index (χ2n) is 4.59. The molecule has 0 N–H and O–H groups in total. The number of likely N-dealkylation sites (N-methyl/N-ethyl adjacent to an activating group) is 1. The van der Waals surface area contributed by atoms with Crippen molar-refractivity contribution in [2.24, 2.45) is 0 Å². The molecule has 0 aromatic carbocycles. The predicted octanol–water partition coefficient (Wildman–Crippen LogP) is 1.43. The second kappa shape index (κ2) is 6.02. The maximum absolute atomic E-state index is 12.1. The lowest BCUT2D eigenvalue weighted by Gasteiger charge is -2.21. The molecule has 0 saturated carbocycles. The number of likely N-dealkylation sites (tertiary alicyclic amines) is 1. The normalized spacial score (nSPS) is 14.5. The standard InChI is InChI=1S/C13H16ClN3O2/c1-16(9-12(18)17-7-2-3-8-17)13(19)10-5-4-6-11(14)15-10/h4-6H,2-3,7-9H2,1H3. The molecular formula is C13H16ClN3O2. The quantitative estimate of drug-likeness (QED) is 0.788. The summed E-state index contributed by atoms with van der Waals surface area (Å²) < 4.78 is 0. The van der Waals surface area contributed by atoms with Gasteiger partial charge in [-0.3, -0.25) is 9.59 Å². The summed E-state index contributed by atoms with van der Waals surface area (Å²) in [4.78, 5) is 31.1. The number of amides is 2. The molecular weight excluding hydrogens is 266 g/mol. The smallest absolute Gasteiger partial charge is 0.272 e. The molecule has 6 heteroatoms. The predicted molar refractivity (Wildman–Crippen MR) is 72.0 cm³/mol. The molecule has 5 nitrogen and oxygen atoms in total. The summed E-state index contributed by atoms with van der Waals surface area (Å²) >= 11 is 5.75. The molecule has 1 aromatic heterocycles. The lowest BCUT2D eigenvalue weighted by atomic mass is 10.3. The Hall–Kier alpha value is -1.62. The van der Waals surface area contributed by atoms with Crippen LogP contribution >= 0.6 is 11.6 Å². The van der Waals surface area contributed by atoms with Crippen LogP contribution in [0.4, 0.5) is 0 Å². The Morgan fingerprint density at radius 2 is 2.05 bits per heavy atom. The number of hydrogen-bond acceptors (Lipinski definition) is 3. The van der Waals surface area contributed by atoms with Gasteiger partial charge in [-0.25, -0.2) is 4.98 Å². The van der Waals surface area contributed by atoms with Gasteiger partial charge in [-0.15, -0.1) is 0 Å². The highest BCUT2D eigenvalue weighted by Crippen LogP contribution is 2.10. The molecule has 0 radical (unpaired) electrons. The summed E-state index contributed by atoms with van der Waals surface area (Å²) in [6.45, 7) is 1.65. The van der Waals surface area contributed by atoms with Crippen molar-refractivity contribution >= 4 is 23.4 Å². The van der Waals surface area contributed by atoms with Crippen molar-refractivity contribution in [1.82, 2.24) is 14.8 Å². The van der Waals surface area contributed by atoms with Gasteiger partial charge in [0.15, 0.2) is 0 Å². The minimum absolute atomic E-state index is 0.0182. The van der Waals surface area contributed by atoms with Crippen LogP contribution in [0.3, 0.4) is 0 Å². The van der Waals surface area contributed by atoms with Crippen LogP contribution in [0.15, 0.2) is 18.2 Å². The van der Waals surface area contributed by atoms with Gasteiger partial charge in [0.1, 0.15) is 10.8 Å². The van der Waals surface area contributed by atoms with Gasteiger partial charge in [0, 0.05) is 20.1 Å². The minimum atomic E-state index is -0.296.